The van der Waals surface area contributed by atoms with Crippen molar-refractivity contribution in [3.05, 3.63) is 63.6 Å². The molecule has 10 nitrogen and oxygen atoms in total. The summed E-state index contributed by atoms with van der Waals surface area (Å²) in [7, 11) is -4.50. The fourth-order valence-corrected chi connectivity index (χ4v) is 7.32. The maximum Gasteiger partial charge on any atom is 0.416 e. The number of sulfonamides is 1. The number of halogens is 5. The highest BCUT2D eigenvalue weighted by molar-refractivity contribution is 7.89. The highest BCUT2D eigenvalue weighted by Gasteiger charge is 2.54. The van der Waals surface area contributed by atoms with Gasteiger partial charge in [0.25, 0.3) is 0 Å². The Morgan fingerprint density at radius 1 is 1.07 bits per heavy atom. The molecule has 2 aromatic rings. The first-order valence-electron chi connectivity index (χ1n) is 12.3. The number of nitrogens with zero attached hydrogens (tertiary/aromatic N) is 3. The minimum atomic E-state index is -4.59. The van der Waals surface area contributed by atoms with E-state index >= 15 is 0 Å². The van der Waals surface area contributed by atoms with Crippen LogP contribution in [-0.4, -0.2) is 82.9 Å². The Morgan fingerprint density at radius 3 is 2.24 bits per heavy atom. The van der Waals surface area contributed by atoms with Crippen molar-refractivity contribution in [2.24, 2.45) is 0 Å². The molecule has 2 saturated heterocycles. The summed E-state index contributed by atoms with van der Waals surface area (Å²) >= 11 is 12.2. The first kappa shape index (κ1) is 30.9. The Labute approximate surface area is 243 Å². The summed E-state index contributed by atoms with van der Waals surface area (Å²) in [6.07, 6.45) is -7.71. The standard InChI is InChI=1S/C25H25Cl2F3N4O6S/c1-13(2)32-12-21-33(41(39,40)20-8-7-16(26)10-17(20)27)11-18(31-24(37)38)22(35)34(21)19(23(32)36)9-14-3-5-15(6-4-14)25(28,29)30/h3-8,10,13,18-19,21,31H,9,11-12H2,1-2H3,(H,37,38). The van der Waals surface area contributed by atoms with Gasteiger partial charge in [-0.3, -0.25) is 9.59 Å². The van der Waals surface area contributed by atoms with Crippen LogP contribution in [0.5, 0.6) is 0 Å². The number of carbonyl (C=O) groups is 3. The Morgan fingerprint density at radius 2 is 1.71 bits per heavy atom. The van der Waals surface area contributed by atoms with Gasteiger partial charge < -0.3 is 20.2 Å². The summed E-state index contributed by atoms with van der Waals surface area (Å²) in [6.45, 7) is 2.55. The predicted octanol–water partition coefficient (Wildman–Crippen LogP) is 3.67. The van der Waals surface area contributed by atoms with E-state index < -0.39 is 70.5 Å². The zero-order valence-electron chi connectivity index (χ0n) is 21.6. The molecule has 2 heterocycles. The van der Waals surface area contributed by atoms with Gasteiger partial charge in [0.1, 0.15) is 23.1 Å². The third-order valence-corrected chi connectivity index (χ3v) is 9.53. The normalized spacial score (nSPS) is 22.2. The van der Waals surface area contributed by atoms with E-state index in [-0.39, 0.29) is 33.5 Å². The molecule has 2 fully saturated rings. The third kappa shape index (κ3) is 6.10. The Bertz CT molecular complexity index is 1470. The van der Waals surface area contributed by atoms with Crippen LogP contribution >= 0.6 is 23.2 Å². The lowest BCUT2D eigenvalue weighted by Gasteiger charge is -2.54. The molecule has 41 heavy (non-hydrogen) atoms. The topological polar surface area (TPSA) is 127 Å². The van der Waals surface area contributed by atoms with Gasteiger partial charge in [0, 0.05) is 24.0 Å². The van der Waals surface area contributed by atoms with E-state index in [1.165, 1.54) is 35.2 Å². The Hall–Kier alpha value is -3.07. The predicted molar refractivity (Wildman–Crippen MR) is 142 cm³/mol. The van der Waals surface area contributed by atoms with Crippen molar-refractivity contribution in [1.82, 2.24) is 19.4 Å². The average Bonchev–Trinajstić information content (AvgIpc) is 2.86. The van der Waals surface area contributed by atoms with Crippen molar-refractivity contribution >= 4 is 51.1 Å². The van der Waals surface area contributed by atoms with E-state index in [0.717, 1.165) is 21.3 Å². The molecule has 0 spiro atoms. The summed E-state index contributed by atoms with van der Waals surface area (Å²) in [5, 5.41) is 11.3. The fraction of sp³-hybridized carbons (Fsp3) is 0.400. The Kier molecular flexibility index (Phi) is 8.52. The zero-order valence-corrected chi connectivity index (χ0v) is 23.9. The largest absolute Gasteiger partial charge is 0.465 e. The molecule has 0 radical (unpaired) electrons. The number of nitrogens with one attached hydrogen (secondary N) is 1. The van der Waals surface area contributed by atoms with Gasteiger partial charge >= 0.3 is 12.3 Å². The van der Waals surface area contributed by atoms with E-state index in [1.807, 2.05) is 5.32 Å². The Balaban J connectivity index is 1.82. The van der Waals surface area contributed by atoms with E-state index in [4.69, 9.17) is 23.2 Å². The second-order valence-corrected chi connectivity index (χ2v) is 12.6. The van der Waals surface area contributed by atoms with Crippen LogP contribution in [0.2, 0.25) is 10.0 Å². The number of piperazine rings is 1. The summed E-state index contributed by atoms with van der Waals surface area (Å²) in [4.78, 5) is 40.9. The van der Waals surface area contributed by atoms with Crippen molar-refractivity contribution < 1.29 is 41.1 Å². The molecule has 2 aromatic carbocycles. The van der Waals surface area contributed by atoms with Crippen molar-refractivity contribution in [3.8, 4) is 0 Å². The van der Waals surface area contributed by atoms with Crippen LogP contribution < -0.4 is 5.32 Å². The van der Waals surface area contributed by atoms with Gasteiger partial charge in [-0.1, -0.05) is 35.3 Å². The molecule has 0 aromatic heterocycles. The number of fused-ring (bicyclic) bond motifs is 1. The van der Waals surface area contributed by atoms with Crippen LogP contribution in [0.1, 0.15) is 25.0 Å². The lowest BCUT2D eigenvalue weighted by molar-refractivity contribution is -0.168. The molecular weight excluding hydrogens is 612 g/mol. The van der Waals surface area contributed by atoms with Crippen LogP contribution in [0.15, 0.2) is 47.4 Å². The number of carbonyl (C=O) groups excluding carboxylic acids is 2. The van der Waals surface area contributed by atoms with E-state index in [0.29, 0.717) is 0 Å². The van der Waals surface area contributed by atoms with Crippen molar-refractivity contribution in [2.45, 2.75) is 55.6 Å². The summed E-state index contributed by atoms with van der Waals surface area (Å²) in [6, 6.07) is 4.34. The number of hydrogen-bond donors (Lipinski definition) is 2. The summed E-state index contributed by atoms with van der Waals surface area (Å²) in [5.74, 6) is -1.41. The molecule has 16 heteroatoms. The third-order valence-electron chi connectivity index (χ3n) is 6.94. The van der Waals surface area contributed by atoms with Crippen LogP contribution in [0.25, 0.3) is 0 Å². The second-order valence-electron chi connectivity index (χ2n) is 9.88. The number of benzene rings is 2. The highest BCUT2D eigenvalue weighted by atomic mass is 35.5. The van der Waals surface area contributed by atoms with Crippen molar-refractivity contribution in [1.29, 1.82) is 0 Å². The molecular formula is C25H25Cl2F3N4O6S. The first-order valence-corrected chi connectivity index (χ1v) is 14.5. The summed E-state index contributed by atoms with van der Waals surface area (Å²) in [5.41, 5.74) is -0.633. The minimum Gasteiger partial charge on any atom is -0.465 e. The molecule has 3 atom stereocenters. The first-order chi connectivity index (χ1) is 19.0. The lowest BCUT2D eigenvalue weighted by atomic mass is 9.96. The van der Waals surface area contributed by atoms with Gasteiger partial charge in [-0.05, 0) is 49.7 Å². The number of hydrogen-bond acceptors (Lipinski definition) is 5. The van der Waals surface area contributed by atoms with Gasteiger partial charge in [0.2, 0.25) is 21.8 Å². The highest BCUT2D eigenvalue weighted by Crippen LogP contribution is 2.35. The van der Waals surface area contributed by atoms with Gasteiger partial charge in [0.15, 0.2) is 0 Å². The van der Waals surface area contributed by atoms with E-state index in [2.05, 4.69) is 0 Å². The van der Waals surface area contributed by atoms with Crippen LogP contribution in [0.3, 0.4) is 0 Å². The van der Waals surface area contributed by atoms with Crippen LogP contribution in [-0.2, 0) is 32.2 Å². The number of carboxylic acid groups (broad SMARTS) is 1. The van der Waals surface area contributed by atoms with E-state index in [9.17, 15) is 41.1 Å². The number of amides is 3. The molecule has 2 aliphatic rings. The average molecular weight is 637 g/mol. The zero-order chi connectivity index (χ0) is 30.4. The van der Waals surface area contributed by atoms with Crippen LogP contribution in [0.4, 0.5) is 18.0 Å². The van der Waals surface area contributed by atoms with Gasteiger partial charge in [-0.15, -0.1) is 0 Å². The monoisotopic (exact) mass is 636 g/mol. The summed E-state index contributed by atoms with van der Waals surface area (Å²) < 4.78 is 68.1. The van der Waals surface area contributed by atoms with Gasteiger partial charge in [-0.25, -0.2) is 13.2 Å². The molecule has 3 unspecified atom stereocenters. The molecule has 0 aliphatic carbocycles. The minimum absolute atomic E-state index is 0.167. The molecule has 2 N–H and O–H groups in total. The SMILES string of the molecule is CC(C)N1CC2N(C(=O)C(NC(=O)O)CN2S(=O)(=O)c2ccc(Cl)cc2Cl)C(Cc2ccc(C(F)(F)F)cc2)C1=O. The second kappa shape index (κ2) is 11.3. The quantitative estimate of drug-likeness (QED) is 0.498. The fourth-order valence-electron chi connectivity index (χ4n) is 4.99. The lowest BCUT2D eigenvalue weighted by Crippen LogP contribution is -2.76. The van der Waals surface area contributed by atoms with Crippen molar-refractivity contribution in [2.75, 3.05) is 13.1 Å². The molecule has 0 saturated carbocycles. The van der Waals surface area contributed by atoms with Gasteiger partial charge in [0.05, 0.1) is 17.1 Å². The van der Waals surface area contributed by atoms with E-state index in [1.54, 1.807) is 13.8 Å². The molecule has 4 rings (SSSR count). The maximum absolute atomic E-state index is 13.9. The van der Waals surface area contributed by atoms with Crippen molar-refractivity contribution in [3.63, 3.8) is 0 Å². The number of rotatable bonds is 6. The van der Waals surface area contributed by atoms with Gasteiger partial charge in [-0.2, -0.15) is 17.5 Å². The molecule has 2 aliphatic heterocycles. The molecule has 0 bridgehead atoms. The molecule has 222 valence electrons. The smallest absolute Gasteiger partial charge is 0.416 e. The maximum atomic E-state index is 13.9. The number of alkyl halides is 3. The molecule has 3 amide bonds. The van der Waals surface area contributed by atoms with Crippen LogP contribution in [0, 0.1) is 0 Å².